The number of halogens is 1. The molecule has 4 nitrogen and oxygen atoms in total. The molecule has 0 unspecified atom stereocenters. The van der Waals surface area contributed by atoms with Gasteiger partial charge in [0.25, 0.3) is 0 Å². The Morgan fingerprint density at radius 1 is 1.26 bits per heavy atom. The van der Waals surface area contributed by atoms with Crippen LogP contribution in [-0.2, 0) is 0 Å². The van der Waals surface area contributed by atoms with Gasteiger partial charge in [0.2, 0.25) is 0 Å². The predicted octanol–water partition coefficient (Wildman–Crippen LogP) is 2.87. The zero-order chi connectivity index (χ0) is 13.2. The van der Waals surface area contributed by atoms with Gasteiger partial charge in [-0.25, -0.2) is 9.97 Å². The monoisotopic (exact) mass is 324 g/mol. The van der Waals surface area contributed by atoms with Gasteiger partial charge in [0, 0.05) is 18.5 Å². The minimum atomic E-state index is 0.599. The molecule has 1 saturated carbocycles. The molecular weight excluding hydrogens is 304 g/mol. The van der Waals surface area contributed by atoms with Gasteiger partial charge in [-0.3, -0.25) is 0 Å². The molecule has 1 aliphatic carbocycles. The van der Waals surface area contributed by atoms with Crippen molar-refractivity contribution in [3.8, 4) is 0 Å². The molecule has 104 valence electrons. The Balaban J connectivity index is 1.57. The van der Waals surface area contributed by atoms with Crippen LogP contribution in [0.1, 0.15) is 37.4 Å². The van der Waals surface area contributed by atoms with Gasteiger partial charge in [0.05, 0.1) is 0 Å². The van der Waals surface area contributed by atoms with Gasteiger partial charge in [-0.1, -0.05) is 0 Å². The minimum absolute atomic E-state index is 0.599. The van der Waals surface area contributed by atoms with Crippen molar-refractivity contribution >= 4 is 21.7 Å². The molecule has 1 aromatic rings. The second-order valence-electron chi connectivity index (χ2n) is 5.84. The standard InChI is InChI=1S/C14H21BrN4/c1-19-6-4-10(5-7-19)9-16-13-8-12(15)17-14(18-13)11-2-3-11/h8,10-11H,2-7,9H2,1H3,(H,16,17,18). The van der Waals surface area contributed by atoms with Gasteiger partial charge >= 0.3 is 0 Å². The summed E-state index contributed by atoms with van der Waals surface area (Å²) in [6, 6.07) is 1.99. The second kappa shape index (κ2) is 5.75. The molecule has 0 bridgehead atoms. The number of likely N-dealkylation sites (tertiary alicyclic amines) is 1. The fourth-order valence-corrected chi connectivity index (χ4v) is 2.96. The quantitative estimate of drug-likeness (QED) is 0.865. The fourth-order valence-electron chi connectivity index (χ4n) is 2.56. The van der Waals surface area contributed by atoms with E-state index in [9.17, 15) is 0 Å². The summed E-state index contributed by atoms with van der Waals surface area (Å²) in [5.41, 5.74) is 0. The molecule has 2 aliphatic rings. The molecule has 2 fully saturated rings. The molecule has 1 aliphatic heterocycles. The largest absolute Gasteiger partial charge is 0.370 e. The molecular formula is C14H21BrN4. The Kier molecular flexibility index (Phi) is 4.03. The van der Waals surface area contributed by atoms with E-state index in [0.29, 0.717) is 5.92 Å². The van der Waals surface area contributed by atoms with E-state index >= 15 is 0 Å². The number of hydrogen-bond acceptors (Lipinski definition) is 4. The van der Waals surface area contributed by atoms with Crippen molar-refractivity contribution in [3.05, 3.63) is 16.5 Å². The predicted molar refractivity (Wildman–Crippen MR) is 80.4 cm³/mol. The number of hydrogen-bond donors (Lipinski definition) is 1. The molecule has 3 rings (SSSR count). The normalized spacial score (nSPS) is 21.6. The van der Waals surface area contributed by atoms with E-state index in [0.717, 1.165) is 28.7 Å². The SMILES string of the molecule is CN1CCC(CNc2cc(Br)nc(C3CC3)n2)CC1. The van der Waals surface area contributed by atoms with Crippen molar-refractivity contribution in [2.45, 2.75) is 31.6 Å². The summed E-state index contributed by atoms with van der Waals surface area (Å²) < 4.78 is 0.898. The smallest absolute Gasteiger partial charge is 0.135 e. The Morgan fingerprint density at radius 3 is 2.68 bits per heavy atom. The van der Waals surface area contributed by atoms with Crippen LogP contribution in [0.15, 0.2) is 10.7 Å². The van der Waals surface area contributed by atoms with Gasteiger partial charge in [-0.05, 0) is 67.7 Å². The summed E-state index contributed by atoms with van der Waals surface area (Å²) in [5, 5.41) is 3.49. The maximum atomic E-state index is 4.63. The third-order valence-electron chi connectivity index (χ3n) is 4.06. The molecule has 1 aromatic heterocycles. The van der Waals surface area contributed by atoms with Crippen LogP contribution in [0.5, 0.6) is 0 Å². The molecule has 0 amide bonds. The number of piperidine rings is 1. The van der Waals surface area contributed by atoms with E-state index in [4.69, 9.17) is 0 Å². The van der Waals surface area contributed by atoms with Crippen molar-refractivity contribution in [3.63, 3.8) is 0 Å². The van der Waals surface area contributed by atoms with Crippen LogP contribution in [0, 0.1) is 5.92 Å². The summed E-state index contributed by atoms with van der Waals surface area (Å²) in [7, 11) is 2.20. The van der Waals surface area contributed by atoms with Crippen LogP contribution in [0.2, 0.25) is 0 Å². The third-order valence-corrected chi connectivity index (χ3v) is 4.47. The fraction of sp³-hybridized carbons (Fsp3) is 0.714. The first-order chi connectivity index (χ1) is 9.20. The molecule has 1 N–H and O–H groups in total. The minimum Gasteiger partial charge on any atom is -0.370 e. The van der Waals surface area contributed by atoms with E-state index in [2.05, 4.69) is 43.2 Å². The van der Waals surface area contributed by atoms with Crippen LogP contribution >= 0.6 is 15.9 Å². The number of rotatable bonds is 4. The number of aromatic nitrogens is 2. The Labute approximate surface area is 123 Å². The van der Waals surface area contributed by atoms with Crippen molar-refractivity contribution in [1.82, 2.24) is 14.9 Å². The Morgan fingerprint density at radius 2 is 2.00 bits per heavy atom. The first-order valence-corrected chi connectivity index (χ1v) is 7.97. The molecule has 0 radical (unpaired) electrons. The molecule has 5 heteroatoms. The average Bonchev–Trinajstić information content (AvgIpc) is 3.22. The highest BCUT2D eigenvalue weighted by atomic mass is 79.9. The van der Waals surface area contributed by atoms with Gasteiger partial charge in [0.15, 0.2) is 0 Å². The zero-order valence-corrected chi connectivity index (χ0v) is 13.0. The first-order valence-electron chi connectivity index (χ1n) is 7.17. The van der Waals surface area contributed by atoms with Crippen LogP contribution in [0.25, 0.3) is 0 Å². The zero-order valence-electron chi connectivity index (χ0n) is 11.4. The number of nitrogens with one attached hydrogen (secondary N) is 1. The van der Waals surface area contributed by atoms with Crippen LogP contribution in [0.3, 0.4) is 0 Å². The molecule has 19 heavy (non-hydrogen) atoms. The highest BCUT2D eigenvalue weighted by Crippen LogP contribution is 2.38. The first kappa shape index (κ1) is 13.3. The maximum absolute atomic E-state index is 4.63. The van der Waals surface area contributed by atoms with Gasteiger partial charge in [0.1, 0.15) is 16.2 Å². The summed E-state index contributed by atoms with van der Waals surface area (Å²) in [6.07, 6.45) is 5.05. The molecule has 1 saturated heterocycles. The van der Waals surface area contributed by atoms with Gasteiger partial charge < -0.3 is 10.2 Å². The summed E-state index contributed by atoms with van der Waals surface area (Å²) in [5.74, 6) is 3.35. The Bertz CT molecular complexity index is 439. The van der Waals surface area contributed by atoms with Crippen LogP contribution in [0.4, 0.5) is 5.82 Å². The molecule has 0 atom stereocenters. The van der Waals surface area contributed by atoms with Gasteiger partial charge in [-0.15, -0.1) is 0 Å². The van der Waals surface area contributed by atoms with Crippen molar-refractivity contribution < 1.29 is 0 Å². The maximum Gasteiger partial charge on any atom is 0.135 e. The van der Waals surface area contributed by atoms with Crippen LogP contribution in [-0.4, -0.2) is 41.5 Å². The highest BCUT2D eigenvalue weighted by Gasteiger charge is 2.27. The van der Waals surface area contributed by atoms with Crippen molar-refractivity contribution in [2.24, 2.45) is 5.92 Å². The molecule has 2 heterocycles. The van der Waals surface area contributed by atoms with Crippen LogP contribution < -0.4 is 5.32 Å². The van der Waals surface area contributed by atoms with E-state index in [1.54, 1.807) is 0 Å². The molecule has 0 spiro atoms. The lowest BCUT2D eigenvalue weighted by Crippen LogP contribution is -2.33. The number of anilines is 1. The Hall–Kier alpha value is -0.680. The topological polar surface area (TPSA) is 41.0 Å². The lowest BCUT2D eigenvalue weighted by molar-refractivity contribution is 0.226. The number of nitrogens with zero attached hydrogens (tertiary/aromatic N) is 3. The third kappa shape index (κ3) is 3.66. The highest BCUT2D eigenvalue weighted by molar-refractivity contribution is 9.10. The summed E-state index contributed by atoms with van der Waals surface area (Å²) in [6.45, 7) is 3.46. The van der Waals surface area contributed by atoms with E-state index in [-0.39, 0.29) is 0 Å². The van der Waals surface area contributed by atoms with Crippen molar-refractivity contribution in [1.29, 1.82) is 0 Å². The average molecular weight is 325 g/mol. The lowest BCUT2D eigenvalue weighted by Gasteiger charge is -2.29. The molecule has 0 aromatic carbocycles. The van der Waals surface area contributed by atoms with Gasteiger partial charge in [-0.2, -0.15) is 0 Å². The lowest BCUT2D eigenvalue weighted by atomic mass is 9.97. The summed E-state index contributed by atoms with van der Waals surface area (Å²) >= 11 is 3.49. The summed E-state index contributed by atoms with van der Waals surface area (Å²) in [4.78, 5) is 11.5. The second-order valence-corrected chi connectivity index (χ2v) is 6.65. The van der Waals surface area contributed by atoms with E-state index in [1.807, 2.05) is 6.07 Å². The van der Waals surface area contributed by atoms with Crippen molar-refractivity contribution in [2.75, 3.05) is 32.0 Å². The van der Waals surface area contributed by atoms with E-state index < -0.39 is 0 Å². The van der Waals surface area contributed by atoms with E-state index in [1.165, 1.54) is 38.8 Å².